The highest BCUT2D eigenvalue weighted by Gasteiger charge is 2.09. The predicted molar refractivity (Wildman–Crippen MR) is 79.7 cm³/mol. The Labute approximate surface area is 119 Å². The first-order valence-corrected chi connectivity index (χ1v) is 6.58. The van der Waals surface area contributed by atoms with E-state index in [1.165, 1.54) is 11.1 Å². The van der Waals surface area contributed by atoms with Crippen molar-refractivity contribution < 1.29 is 4.74 Å². The SMILES string of the molecule is CNC(Cc1ccc(OC)nc1)Cc1ccnc(N)c1. The first-order valence-electron chi connectivity index (χ1n) is 6.58. The molecule has 0 spiro atoms. The number of aromatic nitrogens is 2. The molecule has 2 aromatic rings. The van der Waals surface area contributed by atoms with Crippen molar-refractivity contribution in [2.24, 2.45) is 0 Å². The minimum atomic E-state index is 0.326. The third-order valence-corrected chi connectivity index (χ3v) is 3.22. The molecule has 1 unspecified atom stereocenters. The molecule has 0 fully saturated rings. The number of nitrogens with one attached hydrogen (secondary N) is 1. The maximum atomic E-state index is 5.70. The van der Waals surface area contributed by atoms with Crippen molar-refractivity contribution in [1.29, 1.82) is 0 Å². The molecule has 0 saturated heterocycles. The van der Waals surface area contributed by atoms with E-state index in [9.17, 15) is 0 Å². The van der Waals surface area contributed by atoms with Crippen LogP contribution in [0.3, 0.4) is 0 Å². The lowest BCUT2D eigenvalue weighted by Gasteiger charge is -2.16. The van der Waals surface area contributed by atoms with Gasteiger partial charge < -0.3 is 15.8 Å². The molecule has 0 aliphatic rings. The summed E-state index contributed by atoms with van der Waals surface area (Å²) in [7, 11) is 3.58. The molecular weight excluding hydrogens is 252 g/mol. The van der Waals surface area contributed by atoms with Gasteiger partial charge in [0.1, 0.15) is 5.82 Å². The van der Waals surface area contributed by atoms with Crippen LogP contribution in [0.5, 0.6) is 5.88 Å². The van der Waals surface area contributed by atoms with Gasteiger partial charge in [0.2, 0.25) is 5.88 Å². The van der Waals surface area contributed by atoms with Crippen LogP contribution < -0.4 is 15.8 Å². The Morgan fingerprint density at radius 1 is 1.20 bits per heavy atom. The quantitative estimate of drug-likeness (QED) is 0.832. The van der Waals surface area contributed by atoms with Crippen molar-refractivity contribution in [3.05, 3.63) is 47.8 Å². The van der Waals surface area contributed by atoms with Crippen LogP contribution in [0.1, 0.15) is 11.1 Å². The molecule has 0 radical (unpaired) electrons. The fraction of sp³-hybridized carbons (Fsp3) is 0.333. The molecule has 2 aromatic heterocycles. The smallest absolute Gasteiger partial charge is 0.212 e. The Bertz CT molecular complexity index is 542. The second kappa shape index (κ2) is 6.86. The van der Waals surface area contributed by atoms with Crippen LogP contribution in [-0.4, -0.2) is 30.2 Å². The van der Waals surface area contributed by atoms with Gasteiger partial charge in [-0.3, -0.25) is 0 Å². The van der Waals surface area contributed by atoms with Gasteiger partial charge in [-0.15, -0.1) is 0 Å². The van der Waals surface area contributed by atoms with E-state index in [2.05, 4.69) is 15.3 Å². The Morgan fingerprint density at radius 3 is 2.60 bits per heavy atom. The van der Waals surface area contributed by atoms with E-state index in [-0.39, 0.29) is 0 Å². The van der Waals surface area contributed by atoms with E-state index in [1.807, 2.05) is 37.5 Å². The number of methoxy groups -OCH3 is 1. The van der Waals surface area contributed by atoms with Crippen molar-refractivity contribution >= 4 is 5.82 Å². The first-order chi connectivity index (χ1) is 9.71. The molecule has 0 bridgehead atoms. The van der Waals surface area contributed by atoms with Crippen molar-refractivity contribution in [2.75, 3.05) is 19.9 Å². The van der Waals surface area contributed by atoms with Gasteiger partial charge in [0.05, 0.1) is 7.11 Å². The molecule has 106 valence electrons. The Hall–Kier alpha value is -2.14. The summed E-state index contributed by atoms with van der Waals surface area (Å²) in [6.45, 7) is 0. The third kappa shape index (κ3) is 3.93. The van der Waals surface area contributed by atoms with E-state index in [4.69, 9.17) is 10.5 Å². The second-order valence-corrected chi connectivity index (χ2v) is 4.69. The fourth-order valence-electron chi connectivity index (χ4n) is 2.12. The van der Waals surface area contributed by atoms with Gasteiger partial charge in [-0.2, -0.15) is 0 Å². The standard InChI is InChI=1S/C15H20N4O/c1-17-13(7-11-5-6-18-14(16)9-11)8-12-3-4-15(20-2)19-10-12/h3-6,9-10,13,17H,7-8H2,1-2H3,(H2,16,18). The summed E-state index contributed by atoms with van der Waals surface area (Å²) in [5.74, 6) is 1.19. The molecule has 0 amide bonds. The molecular formula is C15H20N4O. The van der Waals surface area contributed by atoms with Crippen LogP contribution in [0.2, 0.25) is 0 Å². The molecule has 5 nitrogen and oxygen atoms in total. The van der Waals surface area contributed by atoms with Gasteiger partial charge in [0.15, 0.2) is 0 Å². The molecule has 5 heteroatoms. The Balaban J connectivity index is 2.01. The number of ether oxygens (including phenoxy) is 1. The van der Waals surface area contributed by atoms with Crippen LogP contribution in [0.25, 0.3) is 0 Å². The molecule has 0 saturated carbocycles. The van der Waals surface area contributed by atoms with E-state index in [0.29, 0.717) is 17.7 Å². The Morgan fingerprint density at radius 2 is 2.00 bits per heavy atom. The molecule has 2 rings (SSSR count). The van der Waals surface area contributed by atoms with Crippen LogP contribution in [0, 0.1) is 0 Å². The van der Waals surface area contributed by atoms with E-state index in [1.54, 1.807) is 13.3 Å². The Kier molecular flexibility index (Phi) is 4.90. The number of nitrogens with zero attached hydrogens (tertiary/aromatic N) is 2. The van der Waals surface area contributed by atoms with Gasteiger partial charge in [-0.1, -0.05) is 6.07 Å². The summed E-state index contributed by atoms with van der Waals surface area (Å²) >= 11 is 0. The zero-order valence-corrected chi connectivity index (χ0v) is 11.8. The molecule has 0 aliphatic heterocycles. The van der Waals surface area contributed by atoms with Gasteiger partial charge in [-0.25, -0.2) is 9.97 Å². The average Bonchev–Trinajstić information content (AvgIpc) is 2.47. The van der Waals surface area contributed by atoms with E-state index >= 15 is 0 Å². The third-order valence-electron chi connectivity index (χ3n) is 3.22. The monoisotopic (exact) mass is 272 g/mol. The number of nitrogen functional groups attached to an aromatic ring is 1. The fourth-order valence-corrected chi connectivity index (χ4v) is 2.12. The average molecular weight is 272 g/mol. The van der Waals surface area contributed by atoms with Crippen molar-refractivity contribution in [3.63, 3.8) is 0 Å². The van der Waals surface area contributed by atoms with Crippen LogP contribution >= 0.6 is 0 Å². The molecule has 0 aliphatic carbocycles. The zero-order valence-electron chi connectivity index (χ0n) is 11.8. The van der Waals surface area contributed by atoms with Crippen molar-refractivity contribution in [3.8, 4) is 5.88 Å². The maximum absolute atomic E-state index is 5.70. The number of nitrogens with two attached hydrogens (primary N) is 1. The number of hydrogen-bond donors (Lipinski definition) is 2. The van der Waals surface area contributed by atoms with Crippen molar-refractivity contribution in [1.82, 2.24) is 15.3 Å². The van der Waals surface area contributed by atoms with Gasteiger partial charge in [0, 0.05) is 24.5 Å². The van der Waals surface area contributed by atoms with Gasteiger partial charge in [-0.05, 0) is 43.1 Å². The summed E-state index contributed by atoms with van der Waals surface area (Å²) in [6, 6.07) is 8.15. The van der Waals surface area contributed by atoms with Crippen LogP contribution in [-0.2, 0) is 12.8 Å². The van der Waals surface area contributed by atoms with Gasteiger partial charge in [0.25, 0.3) is 0 Å². The lowest BCUT2D eigenvalue weighted by Crippen LogP contribution is -2.30. The largest absolute Gasteiger partial charge is 0.481 e. The number of hydrogen-bond acceptors (Lipinski definition) is 5. The normalized spacial score (nSPS) is 12.1. The lowest BCUT2D eigenvalue weighted by molar-refractivity contribution is 0.397. The summed E-state index contributed by atoms with van der Waals surface area (Å²) in [4.78, 5) is 8.24. The molecule has 1 atom stereocenters. The second-order valence-electron chi connectivity index (χ2n) is 4.69. The molecule has 3 N–H and O–H groups in total. The highest BCUT2D eigenvalue weighted by atomic mass is 16.5. The maximum Gasteiger partial charge on any atom is 0.212 e. The topological polar surface area (TPSA) is 73.1 Å². The van der Waals surface area contributed by atoms with Crippen molar-refractivity contribution in [2.45, 2.75) is 18.9 Å². The minimum absolute atomic E-state index is 0.326. The number of anilines is 1. The zero-order chi connectivity index (χ0) is 14.4. The number of likely N-dealkylation sites (N-methyl/N-ethyl adjacent to an activating group) is 1. The molecule has 20 heavy (non-hydrogen) atoms. The summed E-state index contributed by atoms with van der Waals surface area (Å²) in [5.41, 5.74) is 8.06. The summed E-state index contributed by atoms with van der Waals surface area (Å²) in [6.07, 6.45) is 5.39. The number of pyridine rings is 2. The van der Waals surface area contributed by atoms with Crippen LogP contribution in [0.4, 0.5) is 5.82 Å². The predicted octanol–water partition coefficient (Wildman–Crippen LogP) is 1.44. The van der Waals surface area contributed by atoms with Gasteiger partial charge >= 0.3 is 0 Å². The summed E-state index contributed by atoms with van der Waals surface area (Å²) in [5, 5.41) is 3.33. The highest BCUT2D eigenvalue weighted by Crippen LogP contribution is 2.12. The van der Waals surface area contributed by atoms with E-state index in [0.717, 1.165) is 12.8 Å². The van der Waals surface area contributed by atoms with Crippen LogP contribution in [0.15, 0.2) is 36.7 Å². The highest BCUT2D eigenvalue weighted by molar-refractivity contribution is 5.32. The first kappa shape index (κ1) is 14.3. The lowest BCUT2D eigenvalue weighted by atomic mass is 10.0. The summed E-state index contributed by atoms with van der Waals surface area (Å²) < 4.78 is 5.06. The minimum Gasteiger partial charge on any atom is -0.481 e. The number of rotatable bonds is 6. The molecule has 0 aromatic carbocycles. The van der Waals surface area contributed by atoms with E-state index < -0.39 is 0 Å². The molecule has 2 heterocycles.